The highest BCUT2D eigenvalue weighted by molar-refractivity contribution is 6.05. The first-order valence-electron chi connectivity index (χ1n) is 8.93. The van der Waals surface area contributed by atoms with Gasteiger partial charge in [0.05, 0.1) is 0 Å². The van der Waals surface area contributed by atoms with Crippen LogP contribution in [-0.2, 0) is 10.2 Å². The van der Waals surface area contributed by atoms with E-state index in [0.29, 0.717) is 16.3 Å². The Hall–Kier alpha value is -3.34. The summed E-state index contributed by atoms with van der Waals surface area (Å²) in [7, 11) is 0. The first-order valence-corrected chi connectivity index (χ1v) is 8.93. The van der Waals surface area contributed by atoms with Gasteiger partial charge in [-0.05, 0) is 17.0 Å². The highest BCUT2D eigenvalue weighted by atomic mass is 16.5. The molecule has 28 heavy (non-hydrogen) atoms. The fourth-order valence-corrected chi connectivity index (χ4v) is 2.94. The summed E-state index contributed by atoms with van der Waals surface area (Å²) in [5.41, 5.74) is 1.32. The molecular weight excluding hydrogens is 356 g/mol. The van der Waals surface area contributed by atoms with Crippen molar-refractivity contribution in [3.63, 3.8) is 0 Å². The van der Waals surface area contributed by atoms with Crippen molar-refractivity contribution in [3.05, 3.63) is 71.3 Å². The molecule has 0 aromatic heterocycles. The van der Waals surface area contributed by atoms with Crippen molar-refractivity contribution in [2.45, 2.75) is 26.2 Å². The molecule has 0 atom stereocenters. The molecule has 5 heteroatoms. The van der Waals surface area contributed by atoms with Gasteiger partial charge in [-0.3, -0.25) is 4.79 Å². The maximum atomic E-state index is 12.3. The smallest absolute Gasteiger partial charge is 0.342 e. The van der Waals surface area contributed by atoms with Crippen molar-refractivity contribution < 1.29 is 24.5 Å². The second-order valence-electron chi connectivity index (χ2n) is 7.66. The Morgan fingerprint density at radius 1 is 0.929 bits per heavy atom. The number of rotatable bonds is 4. The third kappa shape index (κ3) is 3.83. The molecule has 0 unspecified atom stereocenters. The van der Waals surface area contributed by atoms with Crippen LogP contribution in [0.2, 0.25) is 0 Å². The number of hydrogen-bond donors (Lipinski definition) is 2. The molecule has 0 aliphatic carbocycles. The van der Waals surface area contributed by atoms with E-state index in [9.17, 15) is 19.8 Å². The van der Waals surface area contributed by atoms with Gasteiger partial charge < -0.3 is 14.9 Å². The van der Waals surface area contributed by atoms with E-state index >= 15 is 0 Å². The number of phenolic OH excluding ortho intramolecular Hbond substituents is 2. The number of ether oxygens (including phenoxy) is 1. The van der Waals surface area contributed by atoms with E-state index in [2.05, 4.69) is 20.8 Å². The Morgan fingerprint density at radius 3 is 2.14 bits per heavy atom. The zero-order valence-corrected chi connectivity index (χ0v) is 16.0. The van der Waals surface area contributed by atoms with Crippen LogP contribution in [-0.4, -0.2) is 28.6 Å². The molecule has 0 fully saturated rings. The van der Waals surface area contributed by atoms with Crippen LogP contribution in [0.4, 0.5) is 0 Å². The second-order valence-corrected chi connectivity index (χ2v) is 7.66. The van der Waals surface area contributed by atoms with Crippen molar-refractivity contribution >= 4 is 22.5 Å². The fourth-order valence-electron chi connectivity index (χ4n) is 2.94. The number of fused-ring (bicyclic) bond motifs is 1. The zero-order chi connectivity index (χ0) is 20.5. The number of Topliss-reactive ketones (excluding diaryl/α,β-unsaturated/α-hetero) is 1. The van der Waals surface area contributed by atoms with Gasteiger partial charge in [0.2, 0.25) is 0 Å². The van der Waals surface area contributed by atoms with Crippen LogP contribution >= 0.6 is 0 Å². The first-order chi connectivity index (χ1) is 13.2. The van der Waals surface area contributed by atoms with Crippen LogP contribution in [0.3, 0.4) is 0 Å². The van der Waals surface area contributed by atoms with Crippen LogP contribution in [0, 0.1) is 0 Å². The summed E-state index contributed by atoms with van der Waals surface area (Å²) in [6.07, 6.45) is 0. The molecule has 0 aliphatic heterocycles. The second kappa shape index (κ2) is 7.35. The number of esters is 1. The predicted octanol–water partition coefficient (Wildman–Crippen LogP) is 4.59. The number of carbonyl (C=O) groups excluding carboxylic acids is 2. The lowest BCUT2D eigenvalue weighted by Crippen LogP contribution is -2.15. The van der Waals surface area contributed by atoms with E-state index in [0.717, 1.165) is 11.6 Å². The molecule has 0 radical (unpaired) electrons. The third-order valence-electron chi connectivity index (χ3n) is 4.62. The van der Waals surface area contributed by atoms with E-state index in [1.54, 1.807) is 36.4 Å². The Balaban J connectivity index is 1.74. The summed E-state index contributed by atoms with van der Waals surface area (Å²) in [5.74, 6) is -1.67. The topological polar surface area (TPSA) is 83.8 Å². The minimum absolute atomic E-state index is 0.0242. The standard InChI is InChI=1S/C23H22O5/c1-23(2,3)15-10-8-14(9-11-15)20(25)13-28-22(27)18-12-19(24)16-6-4-5-7-17(16)21(18)26/h4-12,24,26H,13H2,1-3H3. The van der Waals surface area contributed by atoms with Gasteiger partial charge in [0, 0.05) is 16.3 Å². The summed E-state index contributed by atoms with van der Waals surface area (Å²) in [5, 5.41) is 21.2. The largest absolute Gasteiger partial charge is 0.507 e. The van der Waals surface area contributed by atoms with E-state index in [-0.39, 0.29) is 28.3 Å². The van der Waals surface area contributed by atoms with E-state index in [1.807, 2.05) is 12.1 Å². The molecule has 0 saturated heterocycles. The Kier molecular flexibility index (Phi) is 5.10. The molecule has 2 N–H and O–H groups in total. The first kappa shape index (κ1) is 19.4. The number of phenols is 2. The normalized spacial score (nSPS) is 11.4. The Labute approximate surface area is 163 Å². The van der Waals surface area contributed by atoms with Gasteiger partial charge in [0.1, 0.15) is 17.1 Å². The molecule has 0 aliphatic rings. The number of benzene rings is 3. The SMILES string of the molecule is CC(C)(C)c1ccc(C(=O)COC(=O)c2cc(O)c3ccccc3c2O)cc1. The van der Waals surface area contributed by atoms with Crippen molar-refractivity contribution in [1.82, 2.24) is 0 Å². The highest BCUT2D eigenvalue weighted by Crippen LogP contribution is 2.35. The van der Waals surface area contributed by atoms with Crippen molar-refractivity contribution in [1.29, 1.82) is 0 Å². The van der Waals surface area contributed by atoms with Crippen LogP contribution in [0.1, 0.15) is 47.1 Å². The molecule has 3 aromatic rings. The summed E-state index contributed by atoms with van der Waals surface area (Å²) in [6, 6.07) is 14.9. The van der Waals surface area contributed by atoms with Crippen LogP contribution in [0.15, 0.2) is 54.6 Å². The number of ketones is 1. The fraction of sp³-hybridized carbons (Fsp3) is 0.217. The monoisotopic (exact) mass is 378 g/mol. The third-order valence-corrected chi connectivity index (χ3v) is 4.62. The van der Waals surface area contributed by atoms with Gasteiger partial charge in [-0.15, -0.1) is 0 Å². The molecule has 0 amide bonds. The van der Waals surface area contributed by atoms with E-state index in [1.165, 1.54) is 0 Å². The molecule has 144 valence electrons. The van der Waals surface area contributed by atoms with E-state index < -0.39 is 12.6 Å². The predicted molar refractivity (Wildman–Crippen MR) is 107 cm³/mol. The van der Waals surface area contributed by atoms with Crippen molar-refractivity contribution in [2.24, 2.45) is 0 Å². The van der Waals surface area contributed by atoms with Gasteiger partial charge in [-0.25, -0.2) is 4.79 Å². The number of carbonyl (C=O) groups is 2. The van der Waals surface area contributed by atoms with Gasteiger partial charge in [-0.2, -0.15) is 0 Å². The number of aromatic hydroxyl groups is 2. The molecule has 0 saturated carbocycles. The average Bonchev–Trinajstić information content (AvgIpc) is 2.68. The van der Waals surface area contributed by atoms with Crippen molar-refractivity contribution in [2.75, 3.05) is 6.61 Å². The summed E-state index contributed by atoms with van der Waals surface area (Å²) >= 11 is 0. The molecular formula is C23H22O5. The quantitative estimate of drug-likeness (QED) is 0.394. The zero-order valence-electron chi connectivity index (χ0n) is 16.0. The lowest BCUT2D eigenvalue weighted by atomic mass is 9.86. The van der Waals surface area contributed by atoms with Crippen LogP contribution in [0.25, 0.3) is 10.8 Å². The van der Waals surface area contributed by atoms with Gasteiger partial charge in [0.25, 0.3) is 0 Å². The summed E-state index contributed by atoms with van der Waals surface area (Å²) < 4.78 is 5.07. The molecule has 5 nitrogen and oxygen atoms in total. The van der Waals surface area contributed by atoms with Gasteiger partial charge in [0.15, 0.2) is 12.4 Å². The van der Waals surface area contributed by atoms with Crippen LogP contribution < -0.4 is 0 Å². The lowest BCUT2D eigenvalue weighted by Gasteiger charge is -2.19. The molecule has 3 rings (SSSR count). The Bertz CT molecular complexity index is 1040. The Morgan fingerprint density at radius 2 is 1.54 bits per heavy atom. The maximum absolute atomic E-state index is 12.3. The van der Waals surface area contributed by atoms with Gasteiger partial charge in [-0.1, -0.05) is 69.3 Å². The lowest BCUT2D eigenvalue weighted by molar-refractivity contribution is 0.0472. The van der Waals surface area contributed by atoms with Crippen molar-refractivity contribution in [3.8, 4) is 11.5 Å². The minimum atomic E-state index is -0.877. The van der Waals surface area contributed by atoms with E-state index in [4.69, 9.17) is 4.74 Å². The highest BCUT2D eigenvalue weighted by Gasteiger charge is 2.20. The maximum Gasteiger partial charge on any atom is 0.342 e. The summed E-state index contributed by atoms with van der Waals surface area (Å²) in [6.45, 7) is 5.78. The molecule has 0 spiro atoms. The number of hydrogen-bond acceptors (Lipinski definition) is 5. The molecule has 0 bridgehead atoms. The summed E-state index contributed by atoms with van der Waals surface area (Å²) in [4.78, 5) is 24.7. The molecule has 3 aromatic carbocycles. The molecule has 0 heterocycles. The minimum Gasteiger partial charge on any atom is -0.507 e. The van der Waals surface area contributed by atoms with Crippen LogP contribution in [0.5, 0.6) is 11.5 Å². The average molecular weight is 378 g/mol. The van der Waals surface area contributed by atoms with Gasteiger partial charge >= 0.3 is 5.97 Å².